The molecule has 1 aromatic carbocycles. The topological polar surface area (TPSA) is 78.2 Å². The van der Waals surface area contributed by atoms with Crippen LogP contribution in [0.15, 0.2) is 61.1 Å². The fourth-order valence-electron chi connectivity index (χ4n) is 4.90. The Hall–Kier alpha value is -3.69. The highest BCUT2D eigenvalue weighted by atomic mass is 19.3. The number of alkyl halides is 2. The SMILES string of the molecule is O=C(Nc1ccc(Oc2ccc(F)cc2F)cn1)C1CC12CCC(F)(F)[C@@H](c1cc[n+]([O-])cc1)C2. The largest absolute Gasteiger partial charge is 0.619 e. The average Bonchev–Trinajstić information content (AvgIpc) is 3.53. The Bertz CT molecular complexity index is 1250. The van der Waals surface area contributed by atoms with Gasteiger partial charge < -0.3 is 15.3 Å². The first-order valence-electron chi connectivity index (χ1n) is 11.1. The maximum absolute atomic E-state index is 14.7. The molecular weight excluding hydrogens is 466 g/mol. The van der Waals surface area contributed by atoms with E-state index in [1.165, 1.54) is 42.9 Å². The molecule has 2 unspecified atom stereocenters. The normalized spacial score (nSPS) is 24.7. The lowest BCUT2D eigenvalue weighted by Crippen LogP contribution is -2.36. The Kier molecular flexibility index (Phi) is 5.61. The molecular formula is C25H21F4N3O3. The number of pyridine rings is 2. The van der Waals surface area contributed by atoms with Crippen molar-refractivity contribution in [2.75, 3.05) is 5.32 Å². The number of halogens is 4. The smallest absolute Gasteiger partial charge is 0.254 e. The summed E-state index contributed by atoms with van der Waals surface area (Å²) in [6, 6.07) is 8.69. The van der Waals surface area contributed by atoms with Gasteiger partial charge in [-0.1, -0.05) is 0 Å². The van der Waals surface area contributed by atoms with Crippen molar-refractivity contribution < 1.29 is 31.8 Å². The Labute approximate surface area is 198 Å². The number of rotatable bonds is 5. The van der Waals surface area contributed by atoms with E-state index in [0.29, 0.717) is 22.8 Å². The molecule has 1 N–H and O–H groups in total. The van der Waals surface area contributed by atoms with Gasteiger partial charge in [0, 0.05) is 36.5 Å². The number of hydrogen-bond acceptors (Lipinski definition) is 4. The van der Waals surface area contributed by atoms with E-state index in [0.717, 1.165) is 12.1 Å². The monoisotopic (exact) mass is 487 g/mol. The van der Waals surface area contributed by atoms with E-state index in [-0.39, 0.29) is 42.5 Å². The molecule has 0 saturated heterocycles. The summed E-state index contributed by atoms with van der Waals surface area (Å²) in [5.74, 6) is -6.01. The van der Waals surface area contributed by atoms with Crippen molar-refractivity contribution in [3.63, 3.8) is 0 Å². The zero-order valence-corrected chi connectivity index (χ0v) is 18.4. The third-order valence-corrected chi connectivity index (χ3v) is 6.92. The summed E-state index contributed by atoms with van der Waals surface area (Å²) in [6.07, 6.45) is 4.27. The number of anilines is 1. The molecule has 2 saturated carbocycles. The van der Waals surface area contributed by atoms with Gasteiger partial charge in [-0.2, -0.15) is 4.73 Å². The highest BCUT2D eigenvalue weighted by molar-refractivity contribution is 5.94. The molecule has 0 aliphatic heterocycles. The van der Waals surface area contributed by atoms with E-state index >= 15 is 0 Å². The highest BCUT2D eigenvalue weighted by Crippen LogP contribution is 2.66. The minimum atomic E-state index is -2.91. The Morgan fingerprint density at radius 2 is 1.86 bits per heavy atom. The number of amides is 1. The fraction of sp³-hybridized carbons (Fsp3) is 0.320. The molecule has 35 heavy (non-hydrogen) atoms. The van der Waals surface area contributed by atoms with Gasteiger partial charge in [0.15, 0.2) is 24.0 Å². The number of carbonyl (C=O) groups excluding carboxylic acids is 1. The second-order valence-electron chi connectivity index (χ2n) is 9.17. The van der Waals surface area contributed by atoms with Crippen LogP contribution in [0.3, 0.4) is 0 Å². The van der Waals surface area contributed by atoms with Crippen LogP contribution in [-0.4, -0.2) is 16.8 Å². The third kappa shape index (κ3) is 4.65. The van der Waals surface area contributed by atoms with Crippen molar-refractivity contribution in [1.29, 1.82) is 0 Å². The van der Waals surface area contributed by atoms with E-state index in [4.69, 9.17) is 4.74 Å². The van der Waals surface area contributed by atoms with Crippen molar-refractivity contribution in [2.45, 2.75) is 37.5 Å². The molecule has 0 radical (unpaired) electrons. The van der Waals surface area contributed by atoms with Gasteiger partial charge in [-0.3, -0.25) is 4.79 Å². The van der Waals surface area contributed by atoms with Crippen molar-refractivity contribution in [3.8, 4) is 11.5 Å². The molecule has 0 bridgehead atoms. The number of ether oxygens (including phenoxy) is 1. The molecule has 3 aromatic rings. The maximum Gasteiger partial charge on any atom is 0.254 e. The molecule has 2 fully saturated rings. The molecule has 1 spiro atoms. The minimum Gasteiger partial charge on any atom is -0.619 e. The molecule has 10 heteroatoms. The molecule has 3 atom stereocenters. The van der Waals surface area contributed by atoms with Gasteiger partial charge in [-0.15, -0.1) is 0 Å². The second-order valence-corrected chi connectivity index (χ2v) is 9.17. The molecule has 2 aliphatic rings. The van der Waals surface area contributed by atoms with Gasteiger partial charge in [0.2, 0.25) is 5.91 Å². The van der Waals surface area contributed by atoms with Crippen LogP contribution in [0.25, 0.3) is 0 Å². The van der Waals surface area contributed by atoms with Crippen molar-refractivity contribution in [3.05, 3.63) is 83.5 Å². The summed E-state index contributed by atoms with van der Waals surface area (Å²) >= 11 is 0. The lowest BCUT2D eigenvalue weighted by atomic mass is 9.72. The maximum atomic E-state index is 14.7. The second kappa shape index (κ2) is 8.51. The summed E-state index contributed by atoms with van der Waals surface area (Å²) in [7, 11) is 0. The standard InChI is InChI=1S/C25H21F4N3O3/c26-16-1-3-21(20(27)11-16)35-17-2-4-22(30-14-17)31-23(33)19-13-24(19)7-8-25(28,29)18(12-24)15-5-9-32(34)10-6-15/h1-6,9-11,14,18-19H,7-8,12-13H2,(H,30,31,33)/t18-,19?,24?/m1/s1. The van der Waals surface area contributed by atoms with Crippen LogP contribution in [-0.2, 0) is 4.79 Å². The van der Waals surface area contributed by atoms with Crippen LogP contribution in [0.2, 0.25) is 0 Å². The summed E-state index contributed by atoms with van der Waals surface area (Å²) in [6.45, 7) is 0. The Morgan fingerprint density at radius 3 is 2.54 bits per heavy atom. The van der Waals surface area contributed by atoms with Crippen molar-refractivity contribution >= 4 is 11.7 Å². The molecule has 2 heterocycles. The van der Waals surface area contributed by atoms with Crippen LogP contribution >= 0.6 is 0 Å². The van der Waals surface area contributed by atoms with Crippen LogP contribution < -0.4 is 14.8 Å². The van der Waals surface area contributed by atoms with Gasteiger partial charge in [-0.05, 0) is 54.5 Å². The first-order chi connectivity index (χ1) is 16.6. The van der Waals surface area contributed by atoms with Gasteiger partial charge in [0.1, 0.15) is 17.4 Å². The summed E-state index contributed by atoms with van der Waals surface area (Å²) in [5.41, 5.74) is -0.120. The lowest BCUT2D eigenvalue weighted by molar-refractivity contribution is -0.605. The Morgan fingerprint density at radius 1 is 1.09 bits per heavy atom. The first kappa shape index (κ1) is 23.1. The van der Waals surface area contributed by atoms with E-state index in [1.807, 2.05) is 0 Å². The summed E-state index contributed by atoms with van der Waals surface area (Å²) in [5, 5.41) is 14.0. The quantitative estimate of drug-likeness (QED) is 0.300. The van der Waals surface area contributed by atoms with Crippen LogP contribution in [0.1, 0.15) is 37.2 Å². The van der Waals surface area contributed by atoms with Crippen molar-refractivity contribution in [1.82, 2.24) is 4.98 Å². The first-order valence-corrected chi connectivity index (χ1v) is 11.1. The number of nitrogens with zero attached hydrogens (tertiary/aromatic N) is 2. The van der Waals surface area contributed by atoms with Gasteiger partial charge in [0.05, 0.1) is 6.20 Å². The number of hydrogen-bond donors (Lipinski definition) is 1. The van der Waals surface area contributed by atoms with Gasteiger partial charge in [0.25, 0.3) is 5.92 Å². The number of nitrogens with one attached hydrogen (secondary N) is 1. The zero-order chi connectivity index (χ0) is 24.8. The zero-order valence-electron chi connectivity index (χ0n) is 18.4. The molecule has 2 aromatic heterocycles. The highest BCUT2D eigenvalue weighted by Gasteiger charge is 2.64. The predicted molar refractivity (Wildman–Crippen MR) is 117 cm³/mol. The summed E-state index contributed by atoms with van der Waals surface area (Å²) in [4.78, 5) is 16.9. The third-order valence-electron chi connectivity index (χ3n) is 6.92. The van der Waals surface area contributed by atoms with Gasteiger partial charge >= 0.3 is 0 Å². The van der Waals surface area contributed by atoms with E-state index in [9.17, 15) is 27.6 Å². The van der Waals surface area contributed by atoms with E-state index in [2.05, 4.69) is 10.3 Å². The van der Waals surface area contributed by atoms with Crippen molar-refractivity contribution in [2.24, 2.45) is 11.3 Å². The lowest BCUT2D eigenvalue weighted by Gasteiger charge is -2.37. The number of benzene rings is 1. The predicted octanol–water partition coefficient (Wildman–Crippen LogP) is 5.33. The van der Waals surface area contributed by atoms with Gasteiger partial charge in [-0.25, -0.2) is 22.5 Å². The number of carbonyl (C=O) groups is 1. The molecule has 2 aliphatic carbocycles. The van der Waals surface area contributed by atoms with E-state index < -0.39 is 34.8 Å². The molecule has 5 rings (SSSR count). The average molecular weight is 487 g/mol. The van der Waals surface area contributed by atoms with Crippen LogP contribution in [0.5, 0.6) is 11.5 Å². The van der Waals surface area contributed by atoms with Crippen LogP contribution in [0, 0.1) is 28.2 Å². The molecule has 182 valence electrons. The van der Waals surface area contributed by atoms with Crippen LogP contribution in [0.4, 0.5) is 23.4 Å². The van der Waals surface area contributed by atoms with E-state index in [1.54, 1.807) is 0 Å². The molecule has 6 nitrogen and oxygen atoms in total. The molecule has 1 amide bonds. The fourth-order valence-corrected chi connectivity index (χ4v) is 4.90. The summed E-state index contributed by atoms with van der Waals surface area (Å²) < 4.78 is 62.1. The minimum absolute atomic E-state index is 0.157. The number of aromatic nitrogens is 2. The Balaban J connectivity index is 1.23.